The van der Waals surface area contributed by atoms with Gasteiger partial charge in [0.25, 0.3) is 0 Å². The lowest BCUT2D eigenvalue weighted by Gasteiger charge is -2.65. The van der Waals surface area contributed by atoms with Crippen LogP contribution in [0.1, 0.15) is 51.9 Å². The van der Waals surface area contributed by atoms with E-state index in [0.717, 1.165) is 24.2 Å². The number of piperidine rings is 2. The standard InChI is InChI=1S/C16H25NO.ClHO4/c1-11-8-12-9-15(18)14-5-3-7-17-6-2-4-13(12)16(14,17)10-11;2-1(3,4)5/h11-14H,2-10H2,1H3;(H,2,3,4,5)/t11?,12-,13-,14-,16+;/m1./s1. The van der Waals surface area contributed by atoms with Crippen molar-refractivity contribution in [3.8, 4) is 0 Å². The lowest BCUT2D eigenvalue weighted by molar-refractivity contribution is -1.92. The summed E-state index contributed by atoms with van der Waals surface area (Å²) in [6, 6.07) is 0. The van der Waals surface area contributed by atoms with Crippen molar-refractivity contribution >= 4 is 5.78 Å². The van der Waals surface area contributed by atoms with Crippen LogP contribution in [-0.2, 0) is 4.79 Å². The second kappa shape index (κ2) is 6.24. The molecule has 0 radical (unpaired) electrons. The van der Waals surface area contributed by atoms with Gasteiger partial charge in [-0.15, -0.1) is 0 Å². The predicted molar refractivity (Wildman–Crippen MR) is 73.5 cm³/mol. The Morgan fingerprint density at radius 2 is 1.83 bits per heavy atom. The summed E-state index contributed by atoms with van der Waals surface area (Å²) in [5.41, 5.74) is 0.314. The van der Waals surface area contributed by atoms with Gasteiger partial charge in [-0.1, -0.05) is 6.92 Å². The average Bonchev–Trinajstić information content (AvgIpc) is 2.41. The number of hydrogen-bond acceptors (Lipinski definition) is 6. The number of Topliss-reactive ketones (excluding diaryl/α,β-unsaturated/α-hetero) is 1. The molecule has 6 nitrogen and oxygen atoms in total. The van der Waals surface area contributed by atoms with E-state index in [4.69, 9.17) is 18.6 Å². The van der Waals surface area contributed by atoms with Crippen LogP contribution in [0.5, 0.6) is 0 Å². The van der Waals surface area contributed by atoms with Crippen LogP contribution >= 0.6 is 0 Å². The third-order valence-electron chi connectivity index (χ3n) is 6.50. The Morgan fingerprint density at radius 3 is 2.48 bits per heavy atom. The van der Waals surface area contributed by atoms with Crippen molar-refractivity contribution in [1.82, 2.24) is 4.90 Å². The topological polar surface area (TPSA) is 110 Å². The van der Waals surface area contributed by atoms with E-state index >= 15 is 0 Å². The third kappa shape index (κ3) is 3.30. The van der Waals surface area contributed by atoms with Crippen LogP contribution in [-0.4, -0.2) is 34.0 Å². The molecule has 0 amide bonds. The Kier molecular flexibility index (Phi) is 4.77. The van der Waals surface area contributed by atoms with Gasteiger partial charge in [-0.05, 0) is 69.4 Å². The van der Waals surface area contributed by atoms with Crippen molar-refractivity contribution in [3.05, 3.63) is 0 Å². The lowest BCUT2D eigenvalue weighted by Crippen LogP contribution is -2.71. The van der Waals surface area contributed by atoms with Crippen molar-refractivity contribution in [2.45, 2.75) is 57.4 Å². The highest BCUT2D eigenvalue weighted by atomic mass is 35.7. The molecule has 7 heteroatoms. The van der Waals surface area contributed by atoms with Crippen LogP contribution in [0.25, 0.3) is 0 Å². The Balaban J connectivity index is 0.000000276. The molecular weight excluding hydrogens is 322 g/mol. The summed E-state index contributed by atoms with van der Waals surface area (Å²) in [4.78, 5) is 15.3. The molecule has 4 rings (SSSR count). The quantitative estimate of drug-likeness (QED) is 0.586. The monoisotopic (exact) mass is 347 g/mol. The van der Waals surface area contributed by atoms with Gasteiger partial charge in [0, 0.05) is 17.9 Å². The first kappa shape index (κ1) is 17.6. The van der Waals surface area contributed by atoms with E-state index in [1.807, 2.05) is 0 Å². The average molecular weight is 348 g/mol. The number of rotatable bonds is 0. The Bertz CT molecular complexity index is 460. The SMILES string of the molecule is CC1C[C@@H]2CC(=O)[C@H]3CCCN4CCC[C@H]2[C@@]34C1.[O-][Cl+3]([O-])([O-])O. The molecule has 4 fully saturated rings. The summed E-state index contributed by atoms with van der Waals surface area (Å²) >= 11 is 0. The minimum Gasteiger partial charge on any atom is -0.299 e. The highest BCUT2D eigenvalue weighted by Crippen LogP contribution is 2.59. The van der Waals surface area contributed by atoms with Crippen molar-refractivity contribution in [2.75, 3.05) is 13.1 Å². The first-order valence-corrected chi connectivity index (χ1v) is 9.89. The van der Waals surface area contributed by atoms with Gasteiger partial charge >= 0.3 is 0 Å². The minimum absolute atomic E-state index is 0.314. The van der Waals surface area contributed by atoms with Crippen LogP contribution in [0.3, 0.4) is 0 Å². The number of ketones is 1. The molecule has 2 aliphatic carbocycles. The van der Waals surface area contributed by atoms with Crippen LogP contribution in [0.15, 0.2) is 0 Å². The number of nitrogens with zero attached hydrogens (tertiary/aromatic N) is 1. The molecule has 2 saturated carbocycles. The molecule has 2 saturated heterocycles. The van der Waals surface area contributed by atoms with E-state index in [1.54, 1.807) is 0 Å². The molecule has 4 aliphatic rings. The molecule has 0 aromatic carbocycles. The number of carbonyl (C=O) groups excluding carboxylic acids is 1. The molecule has 0 aromatic rings. The van der Waals surface area contributed by atoms with Crippen molar-refractivity contribution in [2.24, 2.45) is 23.7 Å². The third-order valence-corrected chi connectivity index (χ3v) is 6.50. The van der Waals surface area contributed by atoms with E-state index < -0.39 is 10.2 Å². The molecular formula is C16H26ClNO5. The number of halogens is 1. The summed E-state index contributed by atoms with van der Waals surface area (Å²) in [6.45, 7) is 4.95. The van der Waals surface area contributed by atoms with Crippen LogP contribution in [0, 0.1) is 33.9 Å². The highest BCUT2D eigenvalue weighted by Gasteiger charge is 2.62. The number of carbonyl (C=O) groups is 1. The largest absolute Gasteiger partial charge is 0.299 e. The van der Waals surface area contributed by atoms with E-state index in [-0.39, 0.29) is 0 Å². The molecule has 23 heavy (non-hydrogen) atoms. The van der Waals surface area contributed by atoms with Gasteiger partial charge in [-0.25, -0.2) is 0 Å². The van der Waals surface area contributed by atoms with Crippen molar-refractivity contribution in [3.63, 3.8) is 0 Å². The maximum atomic E-state index is 12.5. The van der Waals surface area contributed by atoms with E-state index in [2.05, 4.69) is 11.8 Å². The van der Waals surface area contributed by atoms with Crippen molar-refractivity contribution < 1.29 is 33.7 Å². The lowest BCUT2D eigenvalue weighted by atomic mass is 9.48. The van der Waals surface area contributed by atoms with Crippen LogP contribution < -0.4 is 14.0 Å². The maximum Gasteiger partial charge on any atom is 0.138 e. The van der Waals surface area contributed by atoms with E-state index in [1.165, 1.54) is 51.6 Å². The van der Waals surface area contributed by atoms with E-state index in [0.29, 0.717) is 17.2 Å². The normalized spacial score (nSPS) is 43.3. The molecule has 1 unspecified atom stereocenters. The Labute approximate surface area is 139 Å². The molecule has 0 aromatic heterocycles. The second-order valence-corrected chi connectivity index (χ2v) is 8.59. The van der Waals surface area contributed by atoms with E-state index in [9.17, 15) is 4.79 Å². The predicted octanol–water partition coefficient (Wildman–Crippen LogP) is -1.26. The minimum atomic E-state index is -4.69. The molecule has 5 atom stereocenters. The van der Waals surface area contributed by atoms with Gasteiger partial charge in [-0.3, -0.25) is 9.69 Å². The first-order chi connectivity index (χ1) is 10.7. The fourth-order valence-corrected chi connectivity index (χ4v) is 6.18. The molecule has 2 aliphatic heterocycles. The molecule has 2 heterocycles. The summed E-state index contributed by atoms with van der Waals surface area (Å²) in [5, 5.41) is 0. The van der Waals surface area contributed by atoms with Crippen molar-refractivity contribution in [1.29, 1.82) is 0 Å². The summed E-state index contributed by atoms with van der Waals surface area (Å²) in [5.74, 6) is 3.43. The molecule has 2 bridgehead atoms. The zero-order valence-electron chi connectivity index (χ0n) is 13.6. The molecule has 1 spiro atoms. The second-order valence-electron chi connectivity index (χ2n) is 7.79. The van der Waals surface area contributed by atoms with Gasteiger partial charge < -0.3 is 0 Å². The Morgan fingerprint density at radius 1 is 1.22 bits per heavy atom. The fourth-order valence-electron chi connectivity index (χ4n) is 6.18. The first-order valence-electron chi connectivity index (χ1n) is 8.63. The summed E-state index contributed by atoms with van der Waals surface area (Å²) in [6.07, 6.45) is 8.75. The van der Waals surface area contributed by atoms with Gasteiger partial charge in [0.05, 0.1) is 14.9 Å². The van der Waals surface area contributed by atoms with Gasteiger partial charge in [-0.2, -0.15) is 14.0 Å². The zero-order chi connectivity index (χ0) is 16.8. The van der Waals surface area contributed by atoms with Gasteiger partial charge in [0.2, 0.25) is 0 Å². The summed E-state index contributed by atoms with van der Waals surface area (Å²) in [7, 11) is -4.69. The number of hydrogen-bond donors (Lipinski definition) is 1. The highest BCUT2D eigenvalue weighted by molar-refractivity contribution is 5.84. The Hall–Kier alpha value is -0.240. The van der Waals surface area contributed by atoms with Crippen LogP contribution in [0.2, 0.25) is 0 Å². The molecule has 1 N–H and O–H groups in total. The fraction of sp³-hybridized carbons (Fsp3) is 0.938. The molecule has 132 valence electrons. The van der Waals surface area contributed by atoms with Crippen LogP contribution in [0.4, 0.5) is 0 Å². The maximum absolute atomic E-state index is 12.5. The smallest absolute Gasteiger partial charge is 0.138 e. The van der Waals surface area contributed by atoms with Gasteiger partial charge in [0.1, 0.15) is 5.78 Å². The summed E-state index contributed by atoms with van der Waals surface area (Å²) < 4.78 is 32.7. The van der Waals surface area contributed by atoms with Gasteiger partial charge in [0.15, 0.2) is 0 Å². The zero-order valence-corrected chi connectivity index (χ0v) is 14.3.